The molecule has 4 nitrogen and oxygen atoms in total. The molecule has 0 unspecified atom stereocenters. The van der Waals surface area contributed by atoms with Crippen LogP contribution in [0.5, 0.6) is 0 Å². The summed E-state index contributed by atoms with van der Waals surface area (Å²) in [5.74, 6) is 0. The number of sulfonamides is 1. The van der Waals surface area contributed by atoms with Crippen LogP contribution in [0.25, 0.3) is 0 Å². The topological polar surface area (TPSA) is 72.2 Å². The first-order valence-electron chi connectivity index (χ1n) is 6.09. The Labute approximate surface area is 141 Å². The number of anilines is 1. The van der Waals surface area contributed by atoms with Gasteiger partial charge in [0.15, 0.2) is 0 Å². The van der Waals surface area contributed by atoms with E-state index in [0.717, 1.165) is 10.0 Å². The van der Waals surface area contributed by atoms with Crippen LogP contribution in [0.3, 0.4) is 0 Å². The zero-order valence-corrected chi connectivity index (χ0v) is 15.2. The quantitative estimate of drug-likeness (QED) is 0.723. The molecule has 0 atom stereocenters. The van der Waals surface area contributed by atoms with Crippen molar-refractivity contribution in [2.75, 3.05) is 5.73 Å². The Morgan fingerprint density at radius 2 is 1.76 bits per heavy atom. The van der Waals surface area contributed by atoms with Gasteiger partial charge in [-0.1, -0.05) is 28.1 Å². The lowest BCUT2D eigenvalue weighted by molar-refractivity contribution is 0.580. The molecule has 0 aromatic heterocycles. The number of halogens is 2. The summed E-state index contributed by atoms with van der Waals surface area (Å²) in [6, 6.07) is 10.6. The molecule has 0 spiro atoms. The van der Waals surface area contributed by atoms with Gasteiger partial charge in [-0.05, 0) is 58.2 Å². The fourth-order valence-corrected chi connectivity index (χ4v) is 3.82. The lowest BCUT2D eigenvalue weighted by atomic mass is 10.2. The molecule has 0 amide bonds. The lowest BCUT2D eigenvalue weighted by Gasteiger charge is -2.11. The predicted molar refractivity (Wildman–Crippen MR) is 91.5 cm³/mol. The monoisotopic (exact) mass is 432 g/mol. The van der Waals surface area contributed by atoms with Crippen LogP contribution in [0, 0.1) is 6.92 Å². The Hall–Kier alpha value is -0.890. The van der Waals surface area contributed by atoms with Crippen LogP contribution >= 0.6 is 31.9 Å². The predicted octanol–water partition coefficient (Wildman–Crippen LogP) is 3.58. The van der Waals surface area contributed by atoms with Gasteiger partial charge >= 0.3 is 0 Å². The third-order valence-corrected chi connectivity index (χ3v) is 5.72. The number of benzene rings is 2. The van der Waals surface area contributed by atoms with Gasteiger partial charge in [-0.2, -0.15) is 0 Å². The van der Waals surface area contributed by atoms with Crippen molar-refractivity contribution in [2.45, 2.75) is 18.4 Å². The highest BCUT2D eigenvalue weighted by molar-refractivity contribution is 9.10. The van der Waals surface area contributed by atoms with Gasteiger partial charge in [-0.15, -0.1) is 0 Å². The second kappa shape index (κ2) is 6.48. The molecule has 2 aromatic carbocycles. The van der Waals surface area contributed by atoms with Crippen molar-refractivity contribution in [1.82, 2.24) is 4.72 Å². The van der Waals surface area contributed by atoms with Crippen molar-refractivity contribution in [1.29, 1.82) is 0 Å². The molecule has 0 heterocycles. The molecule has 0 radical (unpaired) electrons. The van der Waals surface area contributed by atoms with Crippen molar-refractivity contribution in [3.63, 3.8) is 0 Å². The van der Waals surface area contributed by atoms with Crippen molar-refractivity contribution >= 4 is 47.6 Å². The lowest BCUT2D eigenvalue weighted by Crippen LogP contribution is -2.24. The molecule has 2 rings (SSSR count). The number of hydrogen-bond acceptors (Lipinski definition) is 3. The molecule has 0 saturated carbocycles. The van der Waals surface area contributed by atoms with E-state index in [2.05, 4.69) is 36.6 Å². The number of rotatable bonds is 4. The normalized spacial score (nSPS) is 11.6. The van der Waals surface area contributed by atoms with Gasteiger partial charge in [-0.3, -0.25) is 0 Å². The molecule has 0 aliphatic heterocycles. The van der Waals surface area contributed by atoms with E-state index in [-0.39, 0.29) is 11.4 Å². The van der Waals surface area contributed by atoms with Gasteiger partial charge in [-0.25, -0.2) is 13.1 Å². The van der Waals surface area contributed by atoms with Gasteiger partial charge in [0.05, 0.1) is 4.90 Å². The van der Waals surface area contributed by atoms with E-state index in [1.165, 1.54) is 6.07 Å². The van der Waals surface area contributed by atoms with Gasteiger partial charge in [0, 0.05) is 21.2 Å². The first kappa shape index (κ1) is 16.5. The molecule has 0 bridgehead atoms. The highest BCUT2D eigenvalue weighted by Crippen LogP contribution is 2.26. The van der Waals surface area contributed by atoms with Crippen LogP contribution in [0.1, 0.15) is 11.1 Å². The maximum atomic E-state index is 12.4. The molecule has 3 N–H and O–H groups in total. The summed E-state index contributed by atoms with van der Waals surface area (Å²) in [5.41, 5.74) is 7.68. The average Bonchev–Trinajstić information content (AvgIpc) is 2.42. The summed E-state index contributed by atoms with van der Waals surface area (Å²) in [5, 5.41) is 0. The number of nitrogen functional groups attached to an aromatic ring is 1. The summed E-state index contributed by atoms with van der Waals surface area (Å²) in [6.45, 7) is 1.96. The average molecular weight is 434 g/mol. The van der Waals surface area contributed by atoms with E-state index in [9.17, 15) is 8.42 Å². The van der Waals surface area contributed by atoms with E-state index >= 15 is 0 Å². The van der Waals surface area contributed by atoms with Crippen LogP contribution in [0.4, 0.5) is 5.69 Å². The highest BCUT2D eigenvalue weighted by Gasteiger charge is 2.18. The van der Waals surface area contributed by atoms with E-state index in [1.54, 1.807) is 13.0 Å². The molecule has 21 heavy (non-hydrogen) atoms. The number of hydrogen-bond donors (Lipinski definition) is 2. The zero-order valence-electron chi connectivity index (χ0n) is 11.2. The maximum Gasteiger partial charge on any atom is 0.241 e. The van der Waals surface area contributed by atoms with Gasteiger partial charge in [0.1, 0.15) is 0 Å². The second-order valence-corrected chi connectivity index (χ2v) is 8.10. The van der Waals surface area contributed by atoms with Crippen molar-refractivity contribution in [3.05, 3.63) is 56.5 Å². The Kier molecular flexibility index (Phi) is 5.08. The molecule has 112 valence electrons. The summed E-state index contributed by atoms with van der Waals surface area (Å²) >= 11 is 6.62. The first-order valence-corrected chi connectivity index (χ1v) is 9.16. The van der Waals surface area contributed by atoms with E-state index in [0.29, 0.717) is 15.7 Å². The summed E-state index contributed by atoms with van der Waals surface area (Å²) < 4.78 is 29.0. The molecular weight excluding hydrogens is 420 g/mol. The molecule has 2 aromatic rings. The molecular formula is C14H14Br2N2O2S. The van der Waals surface area contributed by atoms with Gasteiger partial charge < -0.3 is 5.73 Å². The van der Waals surface area contributed by atoms with Gasteiger partial charge in [0.25, 0.3) is 0 Å². The Bertz CT molecular complexity index is 759. The number of nitrogens with one attached hydrogen (secondary N) is 1. The fraction of sp³-hybridized carbons (Fsp3) is 0.143. The van der Waals surface area contributed by atoms with Crippen LogP contribution < -0.4 is 10.5 Å². The minimum Gasteiger partial charge on any atom is -0.398 e. The minimum atomic E-state index is -3.60. The minimum absolute atomic E-state index is 0.195. The largest absolute Gasteiger partial charge is 0.398 e. The van der Waals surface area contributed by atoms with Crippen LogP contribution in [-0.2, 0) is 16.6 Å². The molecule has 7 heteroatoms. The smallest absolute Gasteiger partial charge is 0.241 e. The summed E-state index contributed by atoms with van der Waals surface area (Å²) in [4.78, 5) is 0.195. The first-order chi connectivity index (χ1) is 9.79. The second-order valence-electron chi connectivity index (χ2n) is 4.59. The number of aryl methyl sites for hydroxylation is 1. The standard InChI is InChI=1S/C14H14Br2N2O2S/c1-9-6-12(16)13(17)7-14(9)21(19,20)18-8-10-2-4-11(15)5-3-10/h2-7,18H,8,17H2,1H3. The summed E-state index contributed by atoms with van der Waals surface area (Å²) in [6.07, 6.45) is 0. The van der Waals surface area contributed by atoms with Crippen molar-refractivity contribution in [3.8, 4) is 0 Å². The fourth-order valence-electron chi connectivity index (χ4n) is 1.82. The van der Waals surface area contributed by atoms with Crippen LogP contribution in [0.15, 0.2) is 50.2 Å². The molecule has 0 aliphatic rings. The van der Waals surface area contributed by atoms with Crippen molar-refractivity contribution in [2.24, 2.45) is 0 Å². The zero-order chi connectivity index (χ0) is 15.6. The van der Waals surface area contributed by atoms with Gasteiger partial charge in [0.2, 0.25) is 10.0 Å². The molecule has 0 saturated heterocycles. The third-order valence-electron chi connectivity index (χ3n) is 2.96. The van der Waals surface area contributed by atoms with E-state index in [4.69, 9.17) is 5.73 Å². The highest BCUT2D eigenvalue weighted by atomic mass is 79.9. The summed E-state index contributed by atoms with van der Waals surface area (Å²) in [7, 11) is -3.60. The Morgan fingerprint density at radius 1 is 1.14 bits per heavy atom. The molecule has 0 fully saturated rings. The number of nitrogens with two attached hydrogens (primary N) is 1. The Morgan fingerprint density at radius 3 is 2.38 bits per heavy atom. The van der Waals surface area contributed by atoms with Crippen LogP contribution in [-0.4, -0.2) is 8.42 Å². The molecule has 0 aliphatic carbocycles. The maximum absolute atomic E-state index is 12.4. The van der Waals surface area contributed by atoms with Crippen molar-refractivity contribution < 1.29 is 8.42 Å². The van der Waals surface area contributed by atoms with Crippen LogP contribution in [0.2, 0.25) is 0 Å². The third kappa shape index (κ3) is 4.06. The van der Waals surface area contributed by atoms with E-state index in [1.807, 2.05) is 24.3 Å². The Balaban J connectivity index is 2.22. The SMILES string of the molecule is Cc1cc(Br)c(N)cc1S(=O)(=O)NCc1ccc(Br)cc1. The van der Waals surface area contributed by atoms with E-state index < -0.39 is 10.0 Å².